The van der Waals surface area contributed by atoms with E-state index in [0.717, 1.165) is 25.8 Å². The molecule has 1 fully saturated rings. The smallest absolute Gasteiger partial charge is 0.226 e. The second-order valence-electron chi connectivity index (χ2n) is 5.89. The molecule has 0 saturated heterocycles. The Morgan fingerprint density at radius 2 is 2.17 bits per heavy atom. The molecule has 1 aliphatic carbocycles. The Labute approximate surface area is 111 Å². The van der Waals surface area contributed by atoms with Crippen LogP contribution in [0.15, 0.2) is 0 Å². The molecule has 0 aliphatic heterocycles. The summed E-state index contributed by atoms with van der Waals surface area (Å²) in [5.74, 6) is 0.468. The summed E-state index contributed by atoms with van der Waals surface area (Å²) in [7, 11) is 1.67. The molecular formula is C14H28N2O2. The lowest BCUT2D eigenvalue weighted by molar-refractivity contribution is -0.139. The molecule has 0 spiro atoms. The van der Waals surface area contributed by atoms with Crippen LogP contribution in [0.1, 0.15) is 39.5 Å². The van der Waals surface area contributed by atoms with Gasteiger partial charge in [0.05, 0.1) is 6.61 Å². The lowest BCUT2D eigenvalue weighted by Gasteiger charge is -2.32. The third-order valence-corrected chi connectivity index (χ3v) is 4.06. The summed E-state index contributed by atoms with van der Waals surface area (Å²) in [6, 6.07) is 0. The number of methoxy groups -OCH3 is 1. The lowest BCUT2D eigenvalue weighted by Crippen LogP contribution is -2.42. The molecule has 0 bridgehead atoms. The lowest BCUT2D eigenvalue weighted by atomic mass is 9.81. The zero-order chi connectivity index (χ0) is 13.6. The van der Waals surface area contributed by atoms with Crippen LogP contribution in [-0.4, -0.2) is 44.2 Å². The minimum atomic E-state index is 0.144. The van der Waals surface area contributed by atoms with Crippen molar-refractivity contribution in [3.8, 4) is 0 Å². The van der Waals surface area contributed by atoms with Crippen molar-refractivity contribution in [3.63, 3.8) is 0 Å². The fourth-order valence-electron chi connectivity index (χ4n) is 2.82. The van der Waals surface area contributed by atoms with E-state index in [1.54, 1.807) is 7.11 Å². The van der Waals surface area contributed by atoms with Gasteiger partial charge in [0.1, 0.15) is 0 Å². The van der Waals surface area contributed by atoms with E-state index in [0.29, 0.717) is 25.6 Å². The van der Waals surface area contributed by atoms with E-state index in [1.165, 1.54) is 6.42 Å². The minimum Gasteiger partial charge on any atom is -0.383 e. The van der Waals surface area contributed by atoms with Crippen LogP contribution in [0.25, 0.3) is 0 Å². The summed E-state index contributed by atoms with van der Waals surface area (Å²) >= 11 is 0. The predicted molar refractivity (Wildman–Crippen MR) is 73.2 cm³/mol. The number of nitrogens with zero attached hydrogens (tertiary/aromatic N) is 1. The zero-order valence-electron chi connectivity index (χ0n) is 12.1. The standard InChI is InChI=1S/C14H28N2O2/c1-14(2)7-4-6-12(14)13(17)16(9-5-8-15)10-11-18-3/h12H,4-11,15H2,1-3H3. The quantitative estimate of drug-likeness (QED) is 0.753. The fourth-order valence-corrected chi connectivity index (χ4v) is 2.82. The molecule has 2 N–H and O–H groups in total. The first-order valence-electron chi connectivity index (χ1n) is 7.00. The summed E-state index contributed by atoms with van der Waals surface area (Å²) in [5, 5.41) is 0. The van der Waals surface area contributed by atoms with Gasteiger partial charge in [0.15, 0.2) is 0 Å². The monoisotopic (exact) mass is 256 g/mol. The molecule has 1 unspecified atom stereocenters. The van der Waals surface area contributed by atoms with Crippen LogP contribution in [0.3, 0.4) is 0 Å². The number of ether oxygens (including phenoxy) is 1. The Hall–Kier alpha value is -0.610. The molecule has 1 saturated carbocycles. The second-order valence-corrected chi connectivity index (χ2v) is 5.89. The zero-order valence-corrected chi connectivity index (χ0v) is 12.1. The fraction of sp³-hybridized carbons (Fsp3) is 0.929. The number of carbonyl (C=O) groups excluding carboxylic acids is 1. The summed E-state index contributed by atoms with van der Waals surface area (Å²) < 4.78 is 5.09. The largest absolute Gasteiger partial charge is 0.383 e. The molecule has 0 radical (unpaired) electrons. The third kappa shape index (κ3) is 3.95. The van der Waals surface area contributed by atoms with Crippen molar-refractivity contribution in [2.45, 2.75) is 39.5 Å². The Balaban J connectivity index is 2.62. The van der Waals surface area contributed by atoms with Gasteiger partial charge in [0.2, 0.25) is 5.91 Å². The number of nitrogens with two attached hydrogens (primary N) is 1. The maximum atomic E-state index is 12.6. The van der Waals surface area contributed by atoms with Crippen molar-refractivity contribution >= 4 is 5.91 Å². The van der Waals surface area contributed by atoms with Gasteiger partial charge in [-0.25, -0.2) is 0 Å². The van der Waals surface area contributed by atoms with Gasteiger partial charge in [0.25, 0.3) is 0 Å². The number of carbonyl (C=O) groups is 1. The Morgan fingerprint density at radius 1 is 1.44 bits per heavy atom. The van der Waals surface area contributed by atoms with Crippen LogP contribution in [0.2, 0.25) is 0 Å². The number of rotatable bonds is 7. The van der Waals surface area contributed by atoms with Crippen molar-refractivity contribution in [2.24, 2.45) is 17.1 Å². The maximum absolute atomic E-state index is 12.6. The normalized spacial score (nSPS) is 22.1. The molecule has 0 aromatic rings. The SMILES string of the molecule is COCCN(CCCN)C(=O)C1CCCC1(C)C. The number of hydrogen-bond donors (Lipinski definition) is 1. The minimum absolute atomic E-state index is 0.144. The molecule has 106 valence electrons. The third-order valence-electron chi connectivity index (χ3n) is 4.06. The van der Waals surface area contributed by atoms with Crippen LogP contribution < -0.4 is 5.73 Å². The van der Waals surface area contributed by atoms with E-state index < -0.39 is 0 Å². The van der Waals surface area contributed by atoms with Gasteiger partial charge in [-0.2, -0.15) is 0 Å². The van der Waals surface area contributed by atoms with E-state index in [2.05, 4.69) is 13.8 Å². The van der Waals surface area contributed by atoms with Gasteiger partial charge < -0.3 is 15.4 Å². The van der Waals surface area contributed by atoms with Crippen LogP contribution in [-0.2, 0) is 9.53 Å². The van der Waals surface area contributed by atoms with E-state index in [-0.39, 0.29) is 11.3 Å². The predicted octanol–water partition coefficient (Wildman–Crippen LogP) is 1.64. The van der Waals surface area contributed by atoms with Gasteiger partial charge in [-0.1, -0.05) is 20.3 Å². The van der Waals surface area contributed by atoms with Crippen molar-refractivity contribution in [3.05, 3.63) is 0 Å². The summed E-state index contributed by atoms with van der Waals surface area (Å²) in [6.45, 7) is 7.08. The first-order chi connectivity index (χ1) is 8.53. The van der Waals surface area contributed by atoms with E-state index >= 15 is 0 Å². The highest BCUT2D eigenvalue weighted by atomic mass is 16.5. The van der Waals surface area contributed by atoms with E-state index in [9.17, 15) is 4.79 Å². The molecule has 4 nitrogen and oxygen atoms in total. The molecule has 4 heteroatoms. The molecule has 1 aliphatic rings. The summed E-state index contributed by atoms with van der Waals surface area (Å²) in [6.07, 6.45) is 4.21. The van der Waals surface area contributed by atoms with Crippen LogP contribution in [0.5, 0.6) is 0 Å². The van der Waals surface area contributed by atoms with Gasteiger partial charge >= 0.3 is 0 Å². The van der Waals surface area contributed by atoms with Crippen molar-refractivity contribution in [1.82, 2.24) is 4.90 Å². The molecule has 0 aromatic carbocycles. The van der Waals surface area contributed by atoms with Gasteiger partial charge in [-0.05, 0) is 31.2 Å². The highest BCUT2D eigenvalue weighted by Gasteiger charge is 2.40. The first kappa shape index (κ1) is 15.4. The van der Waals surface area contributed by atoms with Gasteiger partial charge in [-0.3, -0.25) is 4.79 Å². The molecule has 0 heterocycles. The van der Waals surface area contributed by atoms with Crippen LogP contribution in [0, 0.1) is 11.3 Å². The van der Waals surface area contributed by atoms with Crippen LogP contribution >= 0.6 is 0 Å². The Bertz CT molecular complexity index is 259. The van der Waals surface area contributed by atoms with Gasteiger partial charge in [-0.15, -0.1) is 0 Å². The van der Waals surface area contributed by atoms with Crippen molar-refractivity contribution in [2.75, 3.05) is 33.4 Å². The average molecular weight is 256 g/mol. The molecule has 0 aromatic heterocycles. The Morgan fingerprint density at radius 3 is 2.67 bits per heavy atom. The topological polar surface area (TPSA) is 55.6 Å². The van der Waals surface area contributed by atoms with E-state index in [1.807, 2.05) is 4.90 Å². The maximum Gasteiger partial charge on any atom is 0.226 e. The molecule has 18 heavy (non-hydrogen) atoms. The highest BCUT2D eigenvalue weighted by molar-refractivity contribution is 5.80. The summed E-state index contributed by atoms with van der Waals surface area (Å²) in [4.78, 5) is 14.5. The van der Waals surface area contributed by atoms with Crippen molar-refractivity contribution < 1.29 is 9.53 Å². The second kappa shape index (κ2) is 7.10. The number of hydrogen-bond acceptors (Lipinski definition) is 3. The first-order valence-corrected chi connectivity index (χ1v) is 7.00. The summed E-state index contributed by atoms with van der Waals surface area (Å²) in [5.41, 5.74) is 5.69. The molecule has 1 rings (SSSR count). The van der Waals surface area contributed by atoms with E-state index in [4.69, 9.17) is 10.5 Å². The Kier molecular flexibility index (Phi) is 6.09. The molecular weight excluding hydrogens is 228 g/mol. The highest BCUT2D eigenvalue weighted by Crippen LogP contribution is 2.43. The van der Waals surface area contributed by atoms with Gasteiger partial charge in [0, 0.05) is 26.1 Å². The van der Waals surface area contributed by atoms with Crippen LogP contribution in [0.4, 0.5) is 0 Å². The average Bonchev–Trinajstić information content (AvgIpc) is 2.68. The van der Waals surface area contributed by atoms with Crippen molar-refractivity contribution in [1.29, 1.82) is 0 Å². The molecule has 1 atom stereocenters. The molecule has 1 amide bonds. The number of amides is 1.